The Kier molecular flexibility index (Phi) is 4.59. The van der Waals surface area contributed by atoms with E-state index in [0.29, 0.717) is 10.5 Å². The maximum absolute atomic E-state index is 5.43. The van der Waals surface area contributed by atoms with Crippen molar-refractivity contribution in [3.8, 4) is 11.3 Å². The number of benzene rings is 1. The van der Waals surface area contributed by atoms with Gasteiger partial charge in [-0.1, -0.05) is 24.3 Å². The van der Waals surface area contributed by atoms with Crippen molar-refractivity contribution in [1.29, 1.82) is 0 Å². The molecule has 1 aromatic heterocycles. The topological polar surface area (TPSA) is 77.3 Å². The zero-order valence-corrected chi connectivity index (χ0v) is 17.3. The van der Waals surface area contributed by atoms with Crippen molar-refractivity contribution in [2.45, 2.75) is 43.9 Å². The van der Waals surface area contributed by atoms with E-state index >= 15 is 0 Å². The predicted octanol–water partition coefficient (Wildman–Crippen LogP) is 4.76. The Balaban J connectivity index is 0.00000168. The van der Waals surface area contributed by atoms with Crippen molar-refractivity contribution in [2.75, 3.05) is 0 Å². The molecule has 6 rings (SSSR count). The first-order chi connectivity index (χ1) is 12.1. The van der Waals surface area contributed by atoms with Gasteiger partial charge in [-0.05, 0) is 67.3 Å². The number of halogens is 1. The SMILES string of the molecule is Br.NC(N)=Nc1nc(-c2ccc(C34CC5CC(CC(C5)C3)C4)cc2)cs1. The van der Waals surface area contributed by atoms with E-state index in [4.69, 9.17) is 11.5 Å². The molecule has 4 bridgehead atoms. The predicted molar refractivity (Wildman–Crippen MR) is 113 cm³/mol. The quantitative estimate of drug-likeness (QED) is 0.541. The highest BCUT2D eigenvalue weighted by atomic mass is 79.9. The number of hydrogen-bond donors (Lipinski definition) is 2. The van der Waals surface area contributed by atoms with Gasteiger partial charge in [-0.3, -0.25) is 0 Å². The normalized spacial score (nSPS) is 31.5. The molecule has 26 heavy (non-hydrogen) atoms. The second-order valence-electron chi connectivity index (χ2n) is 8.33. The van der Waals surface area contributed by atoms with Crippen molar-refractivity contribution in [2.24, 2.45) is 34.2 Å². The first kappa shape index (κ1) is 18.0. The Morgan fingerprint density at radius 3 is 2.12 bits per heavy atom. The third-order valence-electron chi connectivity index (χ3n) is 6.55. The molecule has 0 atom stereocenters. The fourth-order valence-electron chi connectivity index (χ4n) is 6.02. The Morgan fingerprint density at radius 2 is 1.58 bits per heavy atom. The first-order valence-electron chi connectivity index (χ1n) is 9.26. The number of rotatable bonds is 3. The van der Waals surface area contributed by atoms with Crippen LogP contribution in [0, 0.1) is 17.8 Å². The smallest absolute Gasteiger partial charge is 0.212 e. The van der Waals surface area contributed by atoms with Gasteiger partial charge in [0, 0.05) is 10.9 Å². The van der Waals surface area contributed by atoms with E-state index in [1.165, 1.54) is 49.9 Å². The van der Waals surface area contributed by atoms with Crippen LogP contribution in [0.3, 0.4) is 0 Å². The summed E-state index contributed by atoms with van der Waals surface area (Å²) in [5.41, 5.74) is 15.0. The van der Waals surface area contributed by atoms with Crippen LogP contribution < -0.4 is 11.5 Å². The fraction of sp³-hybridized carbons (Fsp3) is 0.500. The molecule has 1 aromatic carbocycles. The van der Waals surface area contributed by atoms with Crippen LogP contribution in [0.4, 0.5) is 5.13 Å². The Morgan fingerprint density at radius 1 is 1.00 bits per heavy atom. The van der Waals surface area contributed by atoms with Gasteiger partial charge in [-0.15, -0.1) is 28.3 Å². The van der Waals surface area contributed by atoms with E-state index in [1.54, 1.807) is 5.56 Å². The molecule has 0 unspecified atom stereocenters. The number of nitrogens with zero attached hydrogens (tertiary/aromatic N) is 2. The molecule has 2 aromatic rings. The molecule has 138 valence electrons. The van der Waals surface area contributed by atoms with Gasteiger partial charge in [-0.2, -0.15) is 4.99 Å². The lowest BCUT2D eigenvalue weighted by atomic mass is 9.48. The van der Waals surface area contributed by atoms with Crippen LogP contribution in [-0.4, -0.2) is 10.9 Å². The molecule has 4 N–H and O–H groups in total. The average molecular weight is 433 g/mol. The fourth-order valence-corrected chi connectivity index (χ4v) is 6.73. The minimum absolute atomic E-state index is 0. The van der Waals surface area contributed by atoms with Crippen molar-refractivity contribution >= 4 is 39.4 Å². The monoisotopic (exact) mass is 432 g/mol. The Hall–Kier alpha value is -1.40. The molecule has 0 radical (unpaired) electrons. The molecule has 0 saturated heterocycles. The van der Waals surface area contributed by atoms with E-state index in [9.17, 15) is 0 Å². The molecular weight excluding hydrogens is 408 g/mol. The molecule has 0 aliphatic heterocycles. The number of aromatic nitrogens is 1. The average Bonchev–Trinajstić information content (AvgIpc) is 3.01. The van der Waals surface area contributed by atoms with Crippen LogP contribution in [0.15, 0.2) is 34.6 Å². The van der Waals surface area contributed by atoms with Crippen LogP contribution in [-0.2, 0) is 5.41 Å². The van der Waals surface area contributed by atoms with Crippen molar-refractivity contribution in [3.63, 3.8) is 0 Å². The van der Waals surface area contributed by atoms with Gasteiger partial charge >= 0.3 is 0 Å². The molecule has 4 aliphatic rings. The van der Waals surface area contributed by atoms with Crippen LogP contribution in [0.1, 0.15) is 44.1 Å². The first-order valence-corrected chi connectivity index (χ1v) is 10.1. The summed E-state index contributed by atoms with van der Waals surface area (Å²) in [6.45, 7) is 0. The molecule has 4 aliphatic carbocycles. The number of aliphatic imine (C=N–C) groups is 1. The molecule has 6 heteroatoms. The molecule has 1 heterocycles. The molecule has 0 spiro atoms. The zero-order chi connectivity index (χ0) is 17.0. The van der Waals surface area contributed by atoms with Gasteiger partial charge in [0.05, 0.1) is 5.69 Å². The van der Waals surface area contributed by atoms with E-state index in [2.05, 4.69) is 34.2 Å². The molecule has 4 saturated carbocycles. The minimum atomic E-state index is 0. The number of nitrogens with two attached hydrogens (primary N) is 2. The summed E-state index contributed by atoms with van der Waals surface area (Å²) >= 11 is 1.47. The van der Waals surface area contributed by atoms with Crippen LogP contribution >= 0.6 is 28.3 Å². The third-order valence-corrected chi connectivity index (χ3v) is 7.28. The summed E-state index contributed by atoms with van der Waals surface area (Å²) in [7, 11) is 0. The molecule has 0 amide bonds. The van der Waals surface area contributed by atoms with Crippen molar-refractivity contribution in [1.82, 2.24) is 4.98 Å². The largest absolute Gasteiger partial charge is 0.370 e. The van der Waals surface area contributed by atoms with E-state index < -0.39 is 0 Å². The Labute approximate surface area is 168 Å². The molecule has 4 fully saturated rings. The van der Waals surface area contributed by atoms with Gasteiger partial charge < -0.3 is 11.5 Å². The maximum atomic E-state index is 5.43. The summed E-state index contributed by atoms with van der Waals surface area (Å²) in [6, 6.07) is 9.15. The summed E-state index contributed by atoms with van der Waals surface area (Å²) in [5, 5.41) is 2.63. The minimum Gasteiger partial charge on any atom is -0.370 e. The lowest BCUT2D eigenvalue weighted by molar-refractivity contribution is -0.00518. The summed E-state index contributed by atoms with van der Waals surface area (Å²) < 4.78 is 0. The summed E-state index contributed by atoms with van der Waals surface area (Å²) in [5.74, 6) is 2.99. The van der Waals surface area contributed by atoms with Crippen LogP contribution in [0.2, 0.25) is 0 Å². The maximum Gasteiger partial charge on any atom is 0.212 e. The number of thiazole rings is 1. The van der Waals surface area contributed by atoms with E-state index in [1.807, 2.05) is 5.38 Å². The third kappa shape index (κ3) is 3.07. The van der Waals surface area contributed by atoms with Crippen LogP contribution in [0.25, 0.3) is 11.3 Å². The van der Waals surface area contributed by atoms with Gasteiger partial charge in [0.1, 0.15) is 0 Å². The van der Waals surface area contributed by atoms with Crippen LogP contribution in [0.5, 0.6) is 0 Å². The van der Waals surface area contributed by atoms with E-state index in [-0.39, 0.29) is 22.9 Å². The Bertz CT molecular complexity index is 787. The lowest BCUT2D eigenvalue weighted by Crippen LogP contribution is -2.48. The van der Waals surface area contributed by atoms with Crippen molar-refractivity contribution in [3.05, 3.63) is 35.2 Å². The summed E-state index contributed by atoms with van der Waals surface area (Å²) in [4.78, 5) is 8.54. The highest BCUT2D eigenvalue weighted by Gasteiger charge is 2.51. The van der Waals surface area contributed by atoms with E-state index in [0.717, 1.165) is 29.0 Å². The summed E-state index contributed by atoms with van der Waals surface area (Å²) in [6.07, 6.45) is 8.69. The van der Waals surface area contributed by atoms with Gasteiger partial charge in [0.2, 0.25) is 5.13 Å². The van der Waals surface area contributed by atoms with Crippen molar-refractivity contribution < 1.29 is 0 Å². The highest BCUT2D eigenvalue weighted by molar-refractivity contribution is 8.93. The zero-order valence-electron chi connectivity index (χ0n) is 14.7. The second kappa shape index (κ2) is 6.64. The standard InChI is InChI=1S/C20H24N4S.BrH/c21-18(22)24-19-23-17(11-25-19)15-1-3-16(4-2-15)20-8-12-5-13(9-20)7-14(6-12)10-20;/h1-4,11-14H,5-10H2,(H4,21,22,23,24);1H. The van der Waals surface area contributed by atoms with Gasteiger partial charge in [0.25, 0.3) is 0 Å². The van der Waals surface area contributed by atoms with Gasteiger partial charge in [-0.25, -0.2) is 4.98 Å². The second-order valence-corrected chi connectivity index (χ2v) is 9.16. The highest BCUT2D eigenvalue weighted by Crippen LogP contribution is 2.60. The molecule has 4 nitrogen and oxygen atoms in total. The molecular formula is C20H25BrN4S. The number of guanidine groups is 1. The number of hydrogen-bond acceptors (Lipinski definition) is 3. The lowest BCUT2D eigenvalue weighted by Gasteiger charge is -2.57. The van der Waals surface area contributed by atoms with Gasteiger partial charge in [0.15, 0.2) is 5.96 Å².